The Morgan fingerprint density at radius 3 is 2.38 bits per heavy atom. The van der Waals surface area contributed by atoms with Crippen molar-refractivity contribution < 1.29 is 27.5 Å². The molecule has 0 radical (unpaired) electrons. The van der Waals surface area contributed by atoms with Crippen LogP contribution in [0.1, 0.15) is 40.1 Å². The molecule has 0 aliphatic carbocycles. The van der Waals surface area contributed by atoms with Crippen molar-refractivity contribution in [3.8, 4) is 17.0 Å². The fourth-order valence-corrected chi connectivity index (χ4v) is 5.30. The van der Waals surface area contributed by atoms with E-state index in [1.54, 1.807) is 35.2 Å². The molecule has 2 aromatic carbocycles. The number of halogens is 3. The lowest BCUT2D eigenvalue weighted by atomic mass is 10.0. The van der Waals surface area contributed by atoms with Crippen LogP contribution < -0.4 is 15.8 Å². The van der Waals surface area contributed by atoms with E-state index in [9.17, 15) is 22.8 Å². The standard InChI is InChI=1S/C29H30F3N7O3/c1-17-24(19-7-9-22(42-3)10-8-19)36-26-23(16-34-39(26)25(17)29(30,31)32)27(40)38-13-11-37(12-14-38)18(2)20-5-4-6-21(15-20)35-28(33)41/h4-10,15-16,18H,11-14H2,1-3H3,(H3,33,35,41)/t18-/m0/s1. The molecule has 1 aliphatic rings. The summed E-state index contributed by atoms with van der Waals surface area (Å²) in [6.07, 6.45) is -3.58. The molecule has 0 saturated carbocycles. The Labute approximate surface area is 239 Å². The molecular formula is C29H30F3N7O3. The highest BCUT2D eigenvalue weighted by Gasteiger charge is 2.39. The van der Waals surface area contributed by atoms with Crippen LogP contribution >= 0.6 is 0 Å². The molecule has 0 spiro atoms. The third kappa shape index (κ3) is 5.59. The van der Waals surface area contributed by atoms with E-state index in [2.05, 4.69) is 20.3 Å². The van der Waals surface area contributed by atoms with Gasteiger partial charge < -0.3 is 20.7 Å². The topological polar surface area (TPSA) is 118 Å². The largest absolute Gasteiger partial charge is 0.497 e. The van der Waals surface area contributed by atoms with Crippen LogP contribution in [0.15, 0.2) is 54.7 Å². The van der Waals surface area contributed by atoms with Gasteiger partial charge in [-0.1, -0.05) is 12.1 Å². The average molecular weight is 582 g/mol. The van der Waals surface area contributed by atoms with Gasteiger partial charge in [-0.25, -0.2) is 14.3 Å². The van der Waals surface area contributed by atoms with Crippen LogP contribution in [-0.4, -0.2) is 69.6 Å². The van der Waals surface area contributed by atoms with Crippen molar-refractivity contribution in [1.29, 1.82) is 0 Å². The van der Waals surface area contributed by atoms with Crippen molar-refractivity contribution in [2.24, 2.45) is 5.73 Å². The summed E-state index contributed by atoms with van der Waals surface area (Å²) < 4.78 is 48.7. The highest BCUT2D eigenvalue weighted by Crippen LogP contribution is 2.37. The minimum absolute atomic E-state index is 0.00184. The first-order valence-corrected chi connectivity index (χ1v) is 13.3. The Bertz CT molecular complexity index is 1630. The molecule has 0 unspecified atom stereocenters. The maximum absolute atomic E-state index is 14.3. The van der Waals surface area contributed by atoms with E-state index >= 15 is 0 Å². The predicted octanol–water partition coefficient (Wildman–Crippen LogP) is 4.74. The smallest absolute Gasteiger partial charge is 0.433 e. The minimum Gasteiger partial charge on any atom is -0.497 e. The zero-order valence-corrected chi connectivity index (χ0v) is 23.3. The predicted molar refractivity (Wildman–Crippen MR) is 150 cm³/mol. The summed E-state index contributed by atoms with van der Waals surface area (Å²) in [4.78, 5) is 33.2. The summed E-state index contributed by atoms with van der Waals surface area (Å²) in [5.41, 5.74) is 6.12. The van der Waals surface area contributed by atoms with Gasteiger partial charge in [-0.3, -0.25) is 9.69 Å². The molecule has 42 heavy (non-hydrogen) atoms. The van der Waals surface area contributed by atoms with Crippen LogP contribution in [0.2, 0.25) is 0 Å². The highest BCUT2D eigenvalue weighted by molar-refractivity contribution is 6.00. The molecule has 10 nitrogen and oxygen atoms in total. The number of amides is 3. The molecule has 5 rings (SSSR count). The van der Waals surface area contributed by atoms with Crippen molar-refractivity contribution in [3.63, 3.8) is 0 Å². The minimum atomic E-state index is -4.73. The summed E-state index contributed by atoms with van der Waals surface area (Å²) in [5.74, 6) is 0.118. The van der Waals surface area contributed by atoms with Gasteiger partial charge in [0.25, 0.3) is 5.91 Å². The fraction of sp³-hybridized carbons (Fsp3) is 0.310. The quantitative estimate of drug-likeness (QED) is 0.340. The normalized spacial score (nSPS) is 15.0. The second-order valence-electron chi connectivity index (χ2n) is 10.1. The molecular weight excluding hydrogens is 551 g/mol. The van der Waals surface area contributed by atoms with Gasteiger partial charge in [0.05, 0.1) is 19.0 Å². The van der Waals surface area contributed by atoms with Crippen LogP contribution in [0.3, 0.4) is 0 Å². The molecule has 3 heterocycles. The fourth-order valence-electron chi connectivity index (χ4n) is 5.30. The number of piperazine rings is 1. The molecule has 220 valence electrons. The SMILES string of the molecule is COc1ccc(-c2nc3c(C(=O)N4CCN([C@@H](C)c5cccc(NC(N)=O)c5)CC4)cnn3c(C(F)(F)F)c2C)cc1. The number of nitrogens with zero attached hydrogens (tertiary/aromatic N) is 5. The van der Waals surface area contributed by atoms with E-state index in [4.69, 9.17) is 10.5 Å². The number of rotatable bonds is 6. The molecule has 1 fully saturated rings. The third-order valence-corrected chi connectivity index (χ3v) is 7.53. The number of nitrogens with two attached hydrogens (primary N) is 1. The molecule has 13 heteroatoms. The van der Waals surface area contributed by atoms with Gasteiger partial charge in [0.2, 0.25) is 0 Å². The zero-order valence-electron chi connectivity index (χ0n) is 23.3. The number of primary amides is 1. The van der Waals surface area contributed by atoms with Crippen LogP contribution in [0.5, 0.6) is 5.75 Å². The van der Waals surface area contributed by atoms with E-state index in [0.29, 0.717) is 47.7 Å². The first kappa shape index (κ1) is 28.9. The summed E-state index contributed by atoms with van der Waals surface area (Å²) >= 11 is 0. The molecule has 3 amide bonds. The Balaban J connectivity index is 1.40. The van der Waals surface area contributed by atoms with Gasteiger partial charge in [-0.2, -0.15) is 18.3 Å². The summed E-state index contributed by atoms with van der Waals surface area (Å²) in [5, 5.41) is 6.52. The van der Waals surface area contributed by atoms with Crippen molar-refractivity contribution in [3.05, 3.63) is 77.1 Å². The van der Waals surface area contributed by atoms with Crippen LogP contribution in [0, 0.1) is 6.92 Å². The van der Waals surface area contributed by atoms with Gasteiger partial charge in [0, 0.05) is 49.0 Å². The first-order valence-electron chi connectivity index (χ1n) is 13.3. The van der Waals surface area contributed by atoms with Crippen molar-refractivity contribution in [2.45, 2.75) is 26.1 Å². The molecule has 0 bridgehead atoms. The Morgan fingerprint density at radius 1 is 1.07 bits per heavy atom. The van der Waals surface area contributed by atoms with Crippen molar-refractivity contribution in [2.75, 3.05) is 38.6 Å². The van der Waals surface area contributed by atoms with Crippen molar-refractivity contribution in [1.82, 2.24) is 24.4 Å². The van der Waals surface area contributed by atoms with E-state index in [0.717, 1.165) is 11.8 Å². The van der Waals surface area contributed by atoms with E-state index < -0.39 is 23.8 Å². The number of anilines is 1. The number of carbonyl (C=O) groups excluding carboxylic acids is 2. The first-order chi connectivity index (χ1) is 20.0. The number of ether oxygens (including phenoxy) is 1. The molecule has 1 saturated heterocycles. The number of carbonyl (C=O) groups is 2. The molecule has 1 atom stereocenters. The number of nitrogens with one attached hydrogen (secondary N) is 1. The number of alkyl halides is 3. The van der Waals surface area contributed by atoms with Crippen LogP contribution in [0.4, 0.5) is 23.7 Å². The lowest BCUT2D eigenvalue weighted by Gasteiger charge is -2.38. The van der Waals surface area contributed by atoms with E-state index in [1.807, 2.05) is 25.1 Å². The summed E-state index contributed by atoms with van der Waals surface area (Å²) in [7, 11) is 1.50. The van der Waals surface area contributed by atoms with Crippen molar-refractivity contribution >= 4 is 23.3 Å². The zero-order chi connectivity index (χ0) is 30.2. The third-order valence-electron chi connectivity index (χ3n) is 7.53. The van der Waals surface area contributed by atoms with Gasteiger partial charge in [0.15, 0.2) is 11.3 Å². The number of urea groups is 1. The second kappa shape index (κ2) is 11.3. The monoisotopic (exact) mass is 581 g/mol. The molecule has 4 aromatic rings. The highest BCUT2D eigenvalue weighted by atomic mass is 19.4. The Morgan fingerprint density at radius 2 is 1.76 bits per heavy atom. The van der Waals surface area contributed by atoms with Gasteiger partial charge in [-0.15, -0.1) is 0 Å². The lowest BCUT2D eigenvalue weighted by molar-refractivity contribution is -0.143. The van der Waals surface area contributed by atoms with Gasteiger partial charge in [-0.05, 0) is 55.8 Å². The molecule has 1 aliphatic heterocycles. The Hall–Kier alpha value is -4.65. The van der Waals surface area contributed by atoms with E-state index in [-0.39, 0.29) is 28.5 Å². The van der Waals surface area contributed by atoms with Gasteiger partial charge in [0.1, 0.15) is 11.3 Å². The number of fused-ring (bicyclic) bond motifs is 1. The van der Waals surface area contributed by atoms with Crippen LogP contribution in [0.25, 0.3) is 16.9 Å². The number of aromatic nitrogens is 3. The second-order valence-corrected chi connectivity index (χ2v) is 10.1. The molecule has 3 N–H and O–H groups in total. The van der Waals surface area contributed by atoms with E-state index in [1.165, 1.54) is 14.0 Å². The number of hydrogen-bond acceptors (Lipinski definition) is 6. The molecule has 2 aromatic heterocycles. The number of methoxy groups -OCH3 is 1. The van der Waals surface area contributed by atoms with Crippen LogP contribution in [-0.2, 0) is 6.18 Å². The van der Waals surface area contributed by atoms with Gasteiger partial charge >= 0.3 is 12.2 Å². The maximum Gasteiger partial charge on any atom is 0.433 e. The summed E-state index contributed by atoms with van der Waals surface area (Å²) in [6, 6.07) is 13.2. The summed E-state index contributed by atoms with van der Waals surface area (Å²) in [6.45, 7) is 5.18. The average Bonchev–Trinajstić information content (AvgIpc) is 3.38. The Kier molecular flexibility index (Phi) is 7.78. The number of hydrogen-bond donors (Lipinski definition) is 2. The maximum atomic E-state index is 14.3. The lowest BCUT2D eigenvalue weighted by Crippen LogP contribution is -2.49. The number of benzene rings is 2.